The number of nitroso groups, excluding NO2 is 1. The number of alkyl halides is 4. The summed E-state index contributed by atoms with van der Waals surface area (Å²) in [5.74, 6) is -0.369. The first-order chi connectivity index (χ1) is 13.3. The molecule has 2 aromatic rings. The third-order valence-electron chi connectivity index (χ3n) is 4.48. The lowest BCUT2D eigenvalue weighted by Crippen LogP contribution is -2.45. The highest BCUT2D eigenvalue weighted by Crippen LogP contribution is 2.37. The molecule has 1 amide bonds. The van der Waals surface area contributed by atoms with Gasteiger partial charge in [-0.15, -0.1) is 16.5 Å². The van der Waals surface area contributed by atoms with Crippen molar-refractivity contribution in [2.45, 2.75) is 18.1 Å². The van der Waals surface area contributed by atoms with Crippen LogP contribution in [0.4, 0.5) is 19.0 Å². The van der Waals surface area contributed by atoms with Gasteiger partial charge in [0, 0.05) is 22.8 Å². The van der Waals surface area contributed by atoms with Crippen LogP contribution in [0.15, 0.2) is 46.7 Å². The minimum absolute atomic E-state index is 0.153. The summed E-state index contributed by atoms with van der Waals surface area (Å²) in [6.07, 6.45) is -1.25. The van der Waals surface area contributed by atoms with Crippen LogP contribution in [-0.2, 0) is 17.5 Å². The zero-order valence-corrected chi connectivity index (χ0v) is 14.8. The summed E-state index contributed by atoms with van der Waals surface area (Å²) in [6.45, 7) is 0.366. The van der Waals surface area contributed by atoms with Gasteiger partial charge in [-0.3, -0.25) is 9.79 Å². The Kier molecular flexibility index (Phi) is 4.30. The summed E-state index contributed by atoms with van der Waals surface area (Å²) in [6, 6.07) is 4.94. The van der Waals surface area contributed by atoms with Crippen molar-refractivity contribution < 1.29 is 18.0 Å². The van der Waals surface area contributed by atoms with Gasteiger partial charge in [-0.05, 0) is 18.2 Å². The van der Waals surface area contributed by atoms with E-state index in [1.807, 2.05) is 0 Å². The Labute approximate surface area is 161 Å². The van der Waals surface area contributed by atoms with E-state index >= 15 is 0 Å². The predicted molar refractivity (Wildman–Crippen MR) is 96.0 cm³/mol. The van der Waals surface area contributed by atoms with E-state index in [0.717, 1.165) is 17.7 Å². The molecule has 2 aliphatic rings. The lowest BCUT2D eigenvalue weighted by atomic mass is 10.1. The Hall–Kier alpha value is -3.01. The van der Waals surface area contributed by atoms with E-state index in [9.17, 15) is 22.9 Å². The average molecular weight is 410 g/mol. The summed E-state index contributed by atoms with van der Waals surface area (Å²) in [5, 5.41) is 5.25. The first-order valence-corrected chi connectivity index (χ1v) is 8.53. The van der Waals surface area contributed by atoms with Crippen LogP contribution in [0.5, 0.6) is 0 Å². The number of aliphatic imine (C=N–C) groups is 1. The van der Waals surface area contributed by atoms with Gasteiger partial charge in [0.1, 0.15) is 11.7 Å². The summed E-state index contributed by atoms with van der Waals surface area (Å²) >= 11 is 6.03. The van der Waals surface area contributed by atoms with Crippen molar-refractivity contribution in [1.82, 2.24) is 9.78 Å². The van der Waals surface area contributed by atoms with Gasteiger partial charge in [-0.2, -0.15) is 18.3 Å². The largest absolute Gasteiger partial charge is 0.416 e. The van der Waals surface area contributed by atoms with E-state index in [1.54, 1.807) is 23.2 Å². The number of halogens is 4. The van der Waals surface area contributed by atoms with Crippen molar-refractivity contribution in [3.05, 3.63) is 58.1 Å². The SMILES string of the molecule is O=NC(=O)C(Cl)C1=NCc2cnn3c2N1CC=C3c1cccc(C(F)(F)F)c1. The zero-order valence-electron chi connectivity index (χ0n) is 14.0. The summed E-state index contributed by atoms with van der Waals surface area (Å²) < 4.78 is 40.7. The molecule has 3 heterocycles. The second-order valence-corrected chi connectivity index (χ2v) is 6.59. The molecule has 11 heteroatoms. The topological polar surface area (TPSA) is 79.9 Å². The molecule has 144 valence electrons. The van der Waals surface area contributed by atoms with E-state index in [0.29, 0.717) is 17.1 Å². The Morgan fingerprint density at radius 3 is 2.82 bits per heavy atom. The van der Waals surface area contributed by atoms with Crippen LogP contribution in [0.2, 0.25) is 0 Å². The molecule has 1 unspecified atom stereocenters. The minimum atomic E-state index is -4.46. The number of aromatic nitrogens is 2. The monoisotopic (exact) mass is 409 g/mol. The maximum absolute atomic E-state index is 13.1. The maximum Gasteiger partial charge on any atom is 0.416 e. The molecule has 7 nitrogen and oxygen atoms in total. The number of hydrogen-bond acceptors (Lipinski definition) is 5. The number of rotatable bonds is 3. The highest BCUT2D eigenvalue weighted by molar-refractivity contribution is 6.44. The van der Waals surface area contributed by atoms with E-state index < -0.39 is 23.0 Å². The van der Waals surface area contributed by atoms with E-state index in [1.165, 1.54) is 10.7 Å². The van der Waals surface area contributed by atoms with Crippen molar-refractivity contribution in [2.24, 2.45) is 10.2 Å². The van der Waals surface area contributed by atoms with E-state index in [4.69, 9.17) is 11.6 Å². The standard InChI is InChI=1S/C17H11ClF3N5O2/c18-13(15(27)24-28)14-22-7-10-8-23-26-12(4-5-25(14)16(10)26)9-2-1-3-11(6-9)17(19,20)21/h1-4,6,8,13H,5,7H2. The number of benzene rings is 1. The molecule has 0 fully saturated rings. The highest BCUT2D eigenvalue weighted by Gasteiger charge is 2.36. The molecule has 0 aliphatic carbocycles. The Morgan fingerprint density at radius 2 is 2.11 bits per heavy atom. The van der Waals surface area contributed by atoms with Gasteiger partial charge in [-0.1, -0.05) is 12.1 Å². The Bertz CT molecular complexity index is 1040. The first kappa shape index (κ1) is 18.4. The lowest BCUT2D eigenvalue weighted by Gasteiger charge is -2.34. The maximum atomic E-state index is 13.1. The fourth-order valence-corrected chi connectivity index (χ4v) is 3.45. The van der Waals surface area contributed by atoms with Crippen molar-refractivity contribution in [1.29, 1.82) is 0 Å². The average Bonchev–Trinajstić information content (AvgIpc) is 3.12. The normalized spacial score (nSPS) is 16.8. The third kappa shape index (κ3) is 2.89. The highest BCUT2D eigenvalue weighted by atomic mass is 35.5. The predicted octanol–water partition coefficient (Wildman–Crippen LogP) is 3.42. The van der Waals surface area contributed by atoms with Crippen molar-refractivity contribution in [2.75, 3.05) is 11.4 Å². The molecule has 4 rings (SSSR count). The first-order valence-electron chi connectivity index (χ1n) is 8.09. The molecule has 0 N–H and O–H groups in total. The van der Waals surface area contributed by atoms with Crippen molar-refractivity contribution in [3.63, 3.8) is 0 Å². The van der Waals surface area contributed by atoms with Crippen LogP contribution in [-0.4, -0.2) is 33.4 Å². The smallest absolute Gasteiger partial charge is 0.309 e. The van der Waals surface area contributed by atoms with Crippen molar-refractivity contribution >= 4 is 34.9 Å². The van der Waals surface area contributed by atoms with Gasteiger partial charge in [-0.25, -0.2) is 4.68 Å². The fraction of sp³-hybridized carbons (Fsp3) is 0.235. The number of carbonyl (C=O) groups is 1. The van der Waals surface area contributed by atoms with Crippen LogP contribution in [0.3, 0.4) is 0 Å². The Balaban J connectivity index is 1.75. The van der Waals surface area contributed by atoms with Gasteiger partial charge >= 0.3 is 12.1 Å². The second kappa shape index (κ2) is 6.55. The van der Waals surface area contributed by atoms with Gasteiger partial charge < -0.3 is 4.90 Å². The Morgan fingerprint density at radius 1 is 1.32 bits per heavy atom. The number of amidine groups is 1. The number of amides is 1. The quantitative estimate of drug-likeness (QED) is 0.574. The van der Waals surface area contributed by atoms with Gasteiger partial charge in [0.15, 0.2) is 5.38 Å². The van der Waals surface area contributed by atoms with E-state index in [2.05, 4.69) is 15.3 Å². The zero-order chi connectivity index (χ0) is 20.1. The van der Waals surface area contributed by atoms with Crippen LogP contribution in [0, 0.1) is 4.91 Å². The molecular weight excluding hydrogens is 399 g/mol. The molecule has 28 heavy (non-hydrogen) atoms. The summed E-state index contributed by atoms with van der Waals surface area (Å²) in [5.41, 5.74) is 0.769. The molecule has 2 aliphatic heterocycles. The van der Waals surface area contributed by atoms with Gasteiger partial charge in [0.05, 0.1) is 24.0 Å². The third-order valence-corrected chi connectivity index (χ3v) is 4.86. The van der Waals surface area contributed by atoms with Crippen LogP contribution >= 0.6 is 11.6 Å². The summed E-state index contributed by atoms with van der Waals surface area (Å²) in [4.78, 5) is 28.0. The summed E-state index contributed by atoms with van der Waals surface area (Å²) in [7, 11) is 0. The molecular formula is C17H11ClF3N5O2. The number of hydrogen-bond donors (Lipinski definition) is 0. The fourth-order valence-electron chi connectivity index (χ4n) is 3.22. The molecule has 0 saturated heterocycles. The van der Waals surface area contributed by atoms with Crippen LogP contribution < -0.4 is 4.90 Å². The molecule has 0 bridgehead atoms. The number of anilines is 1. The molecule has 0 saturated carbocycles. The minimum Gasteiger partial charge on any atom is -0.309 e. The van der Waals surface area contributed by atoms with Crippen LogP contribution in [0.25, 0.3) is 5.70 Å². The molecule has 1 aromatic carbocycles. The van der Waals surface area contributed by atoms with E-state index in [-0.39, 0.29) is 18.9 Å². The van der Waals surface area contributed by atoms with Gasteiger partial charge in [0.2, 0.25) is 0 Å². The molecule has 1 aromatic heterocycles. The lowest BCUT2D eigenvalue weighted by molar-refractivity contribution is -0.137. The molecule has 0 spiro atoms. The second-order valence-electron chi connectivity index (χ2n) is 6.15. The van der Waals surface area contributed by atoms with Crippen molar-refractivity contribution in [3.8, 4) is 0 Å². The number of carbonyl (C=O) groups excluding carboxylic acids is 1. The van der Waals surface area contributed by atoms with Crippen LogP contribution in [0.1, 0.15) is 16.7 Å². The molecule has 0 radical (unpaired) electrons. The van der Waals surface area contributed by atoms with Gasteiger partial charge in [0.25, 0.3) is 0 Å². The number of nitrogens with zero attached hydrogens (tertiary/aromatic N) is 5. The molecule has 1 atom stereocenters.